The molecule has 1 saturated heterocycles. The number of rotatable bonds is 6. The van der Waals surface area contributed by atoms with Gasteiger partial charge in [0.1, 0.15) is 0 Å². The van der Waals surface area contributed by atoms with E-state index in [1.165, 1.54) is 16.2 Å². The van der Waals surface area contributed by atoms with E-state index in [0.29, 0.717) is 13.0 Å². The van der Waals surface area contributed by atoms with Crippen LogP contribution in [0.3, 0.4) is 0 Å². The highest BCUT2D eigenvalue weighted by atomic mass is 32.2. The first-order valence-electron chi connectivity index (χ1n) is 7.09. The predicted molar refractivity (Wildman–Crippen MR) is 83.4 cm³/mol. The molecule has 1 aromatic rings. The Hall–Kier alpha value is -1.41. The molecular formula is C14H19NO5S2. The van der Waals surface area contributed by atoms with E-state index in [9.17, 15) is 18.0 Å². The van der Waals surface area contributed by atoms with E-state index >= 15 is 0 Å². The maximum atomic E-state index is 12.1. The summed E-state index contributed by atoms with van der Waals surface area (Å²) in [7, 11) is -3.05. The monoisotopic (exact) mass is 345 g/mol. The van der Waals surface area contributed by atoms with E-state index in [1.807, 2.05) is 17.5 Å². The number of amides is 1. The van der Waals surface area contributed by atoms with Crippen molar-refractivity contribution < 1.29 is 22.7 Å². The summed E-state index contributed by atoms with van der Waals surface area (Å²) in [6, 6.07) is 3.37. The lowest BCUT2D eigenvalue weighted by molar-refractivity contribution is -0.152. The van der Waals surface area contributed by atoms with E-state index in [0.717, 1.165) is 4.88 Å². The van der Waals surface area contributed by atoms with E-state index in [-0.39, 0.29) is 36.5 Å². The second-order valence-electron chi connectivity index (χ2n) is 5.15. The molecule has 2 rings (SSSR count). The Morgan fingerprint density at radius 3 is 2.77 bits per heavy atom. The highest BCUT2D eigenvalue weighted by molar-refractivity contribution is 7.91. The quantitative estimate of drug-likeness (QED) is 0.715. The summed E-state index contributed by atoms with van der Waals surface area (Å²) in [5, 5.41) is 1.87. The molecule has 0 saturated carbocycles. The minimum absolute atomic E-state index is 0.00424. The third kappa shape index (κ3) is 4.54. The lowest BCUT2D eigenvalue weighted by Gasteiger charge is -2.26. The van der Waals surface area contributed by atoms with Gasteiger partial charge in [0.05, 0.1) is 17.9 Å². The van der Waals surface area contributed by atoms with Gasteiger partial charge in [-0.1, -0.05) is 6.07 Å². The molecule has 1 amide bonds. The molecule has 2 heterocycles. The number of nitrogens with zero attached hydrogens (tertiary/aromatic N) is 1. The minimum atomic E-state index is -3.05. The van der Waals surface area contributed by atoms with Crippen LogP contribution < -0.4 is 0 Å². The van der Waals surface area contributed by atoms with E-state index < -0.39 is 15.8 Å². The summed E-state index contributed by atoms with van der Waals surface area (Å²) in [4.78, 5) is 26.2. The van der Waals surface area contributed by atoms with Gasteiger partial charge in [0.25, 0.3) is 5.91 Å². The standard InChI is InChI=1S/C14H19NO5S2/c1-2-15(11-5-7-22(18,19)10-11)13(16)9-20-14(17)8-12-4-3-6-21-12/h3-4,6,11H,2,5,7-10H2,1H3. The third-order valence-electron chi connectivity index (χ3n) is 3.57. The smallest absolute Gasteiger partial charge is 0.311 e. The third-order valence-corrected chi connectivity index (χ3v) is 6.19. The Labute approximate surface area is 134 Å². The van der Waals surface area contributed by atoms with Crippen LogP contribution in [0.2, 0.25) is 0 Å². The van der Waals surface area contributed by atoms with Gasteiger partial charge in [-0.25, -0.2) is 8.42 Å². The van der Waals surface area contributed by atoms with Crippen molar-refractivity contribution in [2.24, 2.45) is 0 Å². The average Bonchev–Trinajstić information content (AvgIpc) is 3.07. The fourth-order valence-electron chi connectivity index (χ4n) is 2.49. The van der Waals surface area contributed by atoms with Crippen LogP contribution in [0.1, 0.15) is 18.2 Å². The Kier molecular flexibility index (Phi) is 5.57. The number of sulfone groups is 1. The SMILES string of the molecule is CCN(C(=O)COC(=O)Cc1cccs1)C1CCS(=O)(=O)C1. The van der Waals surface area contributed by atoms with Crippen molar-refractivity contribution in [2.75, 3.05) is 24.7 Å². The fourth-order valence-corrected chi connectivity index (χ4v) is 4.91. The van der Waals surface area contributed by atoms with E-state index in [1.54, 1.807) is 6.92 Å². The van der Waals surface area contributed by atoms with Crippen LogP contribution in [0, 0.1) is 0 Å². The Bertz CT molecular complexity index is 624. The van der Waals surface area contributed by atoms with Crippen LogP contribution in [0.5, 0.6) is 0 Å². The maximum absolute atomic E-state index is 12.1. The summed E-state index contributed by atoms with van der Waals surface area (Å²) in [5.41, 5.74) is 0. The molecular weight excluding hydrogens is 326 g/mol. The molecule has 1 aromatic heterocycles. The zero-order valence-corrected chi connectivity index (χ0v) is 14.0. The molecule has 22 heavy (non-hydrogen) atoms. The van der Waals surface area contributed by atoms with Gasteiger partial charge in [-0.15, -0.1) is 11.3 Å². The number of hydrogen-bond acceptors (Lipinski definition) is 6. The molecule has 0 N–H and O–H groups in total. The normalized spacial score (nSPS) is 19.8. The van der Waals surface area contributed by atoms with Crippen molar-refractivity contribution >= 4 is 33.1 Å². The highest BCUT2D eigenvalue weighted by Crippen LogP contribution is 2.18. The van der Waals surface area contributed by atoms with Gasteiger partial charge in [-0.05, 0) is 24.8 Å². The molecule has 6 nitrogen and oxygen atoms in total. The van der Waals surface area contributed by atoms with Crippen molar-refractivity contribution in [1.82, 2.24) is 4.90 Å². The first kappa shape index (κ1) is 17.0. The van der Waals surface area contributed by atoms with Crippen LogP contribution >= 0.6 is 11.3 Å². The molecule has 0 aromatic carbocycles. The number of hydrogen-bond donors (Lipinski definition) is 0. The van der Waals surface area contributed by atoms with Crippen LogP contribution in [-0.4, -0.2) is 55.9 Å². The Balaban J connectivity index is 1.83. The molecule has 122 valence electrons. The van der Waals surface area contributed by atoms with Crippen molar-refractivity contribution in [3.8, 4) is 0 Å². The first-order chi connectivity index (χ1) is 10.4. The number of likely N-dealkylation sites (N-methyl/N-ethyl adjacent to an activating group) is 1. The van der Waals surface area contributed by atoms with Gasteiger partial charge in [-0.2, -0.15) is 0 Å². The van der Waals surface area contributed by atoms with Crippen molar-refractivity contribution in [1.29, 1.82) is 0 Å². The average molecular weight is 345 g/mol. The highest BCUT2D eigenvalue weighted by Gasteiger charge is 2.34. The molecule has 1 unspecified atom stereocenters. The predicted octanol–water partition coefficient (Wildman–Crippen LogP) is 0.869. The largest absolute Gasteiger partial charge is 0.455 e. The summed E-state index contributed by atoms with van der Waals surface area (Å²) in [6.07, 6.45) is 0.597. The number of thiophene rings is 1. The Morgan fingerprint density at radius 2 is 2.23 bits per heavy atom. The molecule has 1 atom stereocenters. The van der Waals surface area contributed by atoms with Crippen LogP contribution in [-0.2, 0) is 30.6 Å². The number of carbonyl (C=O) groups excluding carboxylic acids is 2. The molecule has 0 aliphatic carbocycles. The van der Waals surface area contributed by atoms with Gasteiger partial charge in [-0.3, -0.25) is 9.59 Å². The molecule has 0 bridgehead atoms. The van der Waals surface area contributed by atoms with Crippen molar-refractivity contribution in [2.45, 2.75) is 25.8 Å². The van der Waals surface area contributed by atoms with Gasteiger partial charge < -0.3 is 9.64 Å². The first-order valence-corrected chi connectivity index (χ1v) is 9.79. The van der Waals surface area contributed by atoms with E-state index in [2.05, 4.69) is 0 Å². The molecule has 0 radical (unpaired) electrons. The molecule has 0 spiro atoms. The topological polar surface area (TPSA) is 80.8 Å². The lowest BCUT2D eigenvalue weighted by Crippen LogP contribution is -2.43. The van der Waals surface area contributed by atoms with Gasteiger partial charge in [0, 0.05) is 17.5 Å². The lowest BCUT2D eigenvalue weighted by atomic mass is 10.2. The zero-order valence-electron chi connectivity index (χ0n) is 12.4. The van der Waals surface area contributed by atoms with Gasteiger partial charge in [0.2, 0.25) is 0 Å². The van der Waals surface area contributed by atoms with Crippen molar-refractivity contribution in [3.05, 3.63) is 22.4 Å². The second kappa shape index (κ2) is 7.23. The zero-order chi connectivity index (χ0) is 16.2. The number of ether oxygens (including phenoxy) is 1. The Morgan fingerprint density at radius 1 is 1.45 bits per heavy atom. The minimum Gasteiger partial charge on any atom is -0.455 e. The summed E-state index contributed by atoms with van der Waals surface area (Å²) >= 11 is 1.45. The fraction of sp³-hybridized carbons (Fsp3) is 0.571. The summed E-state index contributed by atoms with van der Waals surface area (Å²) in [5.74, 6) is -0.690. The molecule has 1 aliphatic heterocycles. The van der Waals surface area contributed by atoms with Crippen LogP contribution in [0.4, 0.5) is 0 Å². The van der Waals surface area contributed by atoms with Crippen molar-refractivity contribution in [3.63, 3.8) is 0 Å². The van der Waals surface area contributed by atoms with E-state index in [4.69, 9.17) is 4.74 Å². The molecule has 8 heteroatoms. The number of carbonyl (C=O) groups is 2. The molecule has 1 fully saturated rings. The van der Waals surface area contributed by atoms with Crippen LogP contribution in [0.25, 0.3) is 0 Å². The van der Waals surface area contributed by atoms with Crippen LogP contribution in [0.15, 0.2) is 17.5 Å². The second-order valence-corrected chi connectivity index (χ2v) is 8.41. The van der Waals surface area contributed by atoms with Gasteiger partial charge >= 0.3 is 5.97 Å². The summed E-state index contributed by atoms with van der Waals surface area (Å²) in [6.45, 7) is 1.85. The maximum Gasteiger partial charge on any atom is 0.311 e. The summed E-state index contributed by atoms with van der Waals surface area (Å²) < 4.78 is 28.0. The number of esters is 1. The molecule has 1 aliphatic rings. The van der Waals surface area contributed by atoms with Gasteiger partial charge in [0.15, 0.2) is 16.4 Å².